The summed E-state index contributed by atoms with van der Waals surface area (Å²) in [5.74, 6) is -2.41. The van der Waals surface area contributed by atoms with Gasteiger partial charge in [-0.3, -0.25) is 0 Å². The number of hydrogen-bond donors (Lipinski definition) is 2. The van der Waals surface area contributed by atoms with Crippen LogP contribution in [0.1, 0.15) is 33.2 Å². The Kier molecular flexibility index (Phi) is 5.13. The SMILES string of the molecule is CCc1cccc(C(=O)O)c1C(=O)O.[LiH]. The number of aromatic carboxylic acids is 2. The van der Waals surface area contributed by atoms with Gasteiger partial charge in [-0.05, 0) is 18.1 Å². The first-order valence-corrected chi connectivity index (χ1v) is 4.16. The first-order chi connectivity index (χ1) is 6.57. The zero-order chi connectivity index (χ0) is 10.7. The first-order valence-electron chi connectivity index (χ1n) is 4.16. The summed E-state index contributed by atoms with van der Waals surface area (Å²) in [7, 11) is 0. The molecule has 0 aromatic heterocycles. The van der Waals surface area contributed by atoms with Crippen LogP contribution in [0.25, 0.3) is 0 Å². The van der Waals surface area contributed by atoms with Crippen LogP contribution in [-0.4, -0.2) is 41.0 Å². The molecule has 0 saturated heterocycles. The molecule has 0 bridgehead atoms. The van der Waals surface area contributed by atoms with Crippen LogP contribution < -0.4 is 0 Å². The van der Waals surface area contributed by atoms with E-state index in [1.165, 1.54) is 6.07 Å². The number of carbonyl (C=O) groups is 2. The first kappa shape index (κ1) is 13.8. The summed E-state index contributed by atoms with van der Waals surface area (Å²) >= 11 is 0. The molecule has 0 heterocycles. The van der Waals surface area contributed by atoms with Gasteiger partial charge in [-0.25, -0.2) is 9.59 Å². The Labute approximate surface area is 99.1 Å². The quantitative estimate of drug-likeness (QED) is 0.717. The molecule has 76 valence electrons. The number of benzene rings is 1. The van der Waals surface area contributed by atoms with E-state index in [2.05, 4.69) is 0 Å². The van der Waals surface area contributed by atoms with Gasteiger partial charge in [0.1, 0.15) is 0 Å². The third-order valence-electron chi connectivity index (χ3n) is 1.98. The van der Waals surface area contributed by atoms with Crippen LogP contribution in [-0.2, 0) is 6.42 Å². The van der Waals surface area contributed by atoms with E-state index in [1.54, 1.807) is 19.1 Å². The van der Waals surface area contributed by atoms with E-state index in [-0.39, 0.29) is 30.0 Å². The molecule has 0 saturated carbocycles. The number of aryl methyl sites for hydroxylation is 1. The molecule has 0 atom stereocenters. The van der Waals surface area contributed by atoms with Crippen molar-refractivity contribution >= 4 is 30.8 Å². The van der Waals surface area contributed by atoms with Gasteiger partial charge < -0.3 is 10.2 Å². The molecular formula is C10H11LiO4. The fraction of sp³-hybridized carbons (Fsp3) is 0.200. The van der Waals surface area contributed by atoms with Crippen LogP contribution in [0.15, 0.2) is 18.2 Å². The van der Waals surface area contributed by atoms with Gasteiger partial charge in [-0.2, -0.15) is 0 Å². The molecule has 0 aliphatic carbocycles. The predicted molar refractivity (Wildman–Crippen MR) is 56.9 cm³/mol. The third kappa shape index (κ3) is 2.85. The Morgan fingerprint density at radius 2 is 1.80 bits per heavy atom. The normalized spacial score (nSPS) is 9.13. The monoisotopic (exact) mass is 202 g/mol. The van der Waals surface area contributed by atoms with E-state index in [4.69, 9.17) is 10.2 Å². The number of carboxylic acids is 2. The molecule has 1 rings (SSSR count). The molecule has 0 aliphatic heterocycles. The van der Waals surface area contributed by atoms with Gasteiger partial charge >= 0.3 is 30.8 Å². The average Bonchev–Trinajstić information content (AvgIpc) is 2.16. The minimum atomic E-state index is -1.21. The Bertz CT molecular complexity index is 387. The minimum absolute atomic E-state index is 0. The Balaban J connectivity index is 0.00000196. The van der Waals surface area contributed by atoms with E-state index < -0.39 is 11.9 Å². The second kappa shape index (κ2) is 5.59. The number of hydrogen-bond acceptors (Lipinski definition) is 2. The van der Waals surface area contributed by atoms with Crippen molar-refractivity contribution in [1.29, 1.82) is 0 Å². The summed E-state index contributed by atoms with van der Waals surface area (Å²) in [4.78, 5) is 21.6. The van der Waals surface area contributed by atoms with Gasteiger partial charge in [0.25, 0.3) is 0 Å². The molecule has 0 radical (unpaired) electrons. The van der Waals surface area contributed by atoms with Crippen molar-refractivity contribution in [3.63, 3.8) is 0 Å². The molecule has 1 aromatic carbocycles. The second-order valence-corrected chi connectivity index (χ2v) is 2.80. The van der Waals surface area contributed by atoms with Crippen molar-refractivity contribution in [3.05, 3.63) is 34.9 Å². The van der Waals surface area contributed by atoms with Gasteiger partial charge in [0.05, 0.1) is 11.1 Å². The fourth-order valence-electron chi connectivity index (χ4n) is 1.33. The van der Waals surface area contributed by atoms with Crippen molar-refractivity contribution < 1.29 is 19.8 Å². The summed E-state index contributed by atoms with van der Waals surface area (Å²) in [6.07, 6.45) is 0.503. The number of rotatable bonds is 3. The van der Waals surface area contributed by atoms with Gasteiger partial charge in [0.15, 0.2) is 0 Å². The Hall–Kier alpha value is -1.24. The molecule has 0 spiro atoms. The van der Waals surface area contributed by atoms with Crippen molar-refractivity contribution in [1.82, 2.24) is 0 Å². The average molecular weight is 202 g/mol. The maximum atomic E-state index is 10.8. The molecule has 4 nitrogen and oxygen atoms in total. The van der Waals surface area contributed by atoms with Crippen LogP contribution in [0.5, 0.6) is 0 Å². The molecule has 2 N–H and O–H groups in total. The molecule has 0 unspecified atom stereocenters. The third-order valence-corrected chi connectivity index (χ3v) is 1.98. The van der Waals surface area contributed by atoms with Crippen molar-refractivity contribution in [2.75, 3.05) is 0 Å². The maximum absolute atomic E-state index is 10.8. The van der Waals surface area contributed by atoms with Crippen molar-refractivity contribution in [3.8, 4) is 0 Å². The van der Waals surface area contributed by atoms with E-state index in [0.717, 1.165) is 0 Å². The van der Waals surface area contributed by atoms with E-state index in [1.807, 2.05) is 0 Å². The summed E-state index contributed by atoms with van der Waals surface area (Å²) < 4.78 is 0. The van der Waals surface area contributed by atoms with Gasteiger partial charge in [0.2, 0.25) is 0 Å². The van der Waals surface area contributed by atoms with Crippen LogP contribution >= 0.6 is 0 Å². The summed E-state index contributed by atoms with van der Waals surface area (Å²) in [6.45, 7) is 1.79. The van der Waals surface area contributed by atoms with E-state index in [0.29, 0.717) is 12.0 Å². The fourth-order valence-corrected chi connectivity index (χ4v) is 1.33. The zero-order valence-corrected chi connectivity index (χ0v) is 7.65. The summed E-state index contributed by atoms with van der Waals surface area (Å²) in [6, 6.07) is 4.47. The molecule has 0 amide bonds. The predicted octanol–water partition coefficient (Wildman–Crippen LogP) is 0.997. The van der Waals surface area contributed by atoms with Crippen LogP contribution in [0.2, 0.25) is 0 Å². The zero-order valence-electron chi connectivity index (χ0n) is 7.65. The van der Waals surface area contributed by atoms with Crippen molar-refractivity contribution in [2.45, 2.75) is 13.3 Å². The number of carboxylic acid groups (broad SMARTS) is 2. The van der Waals surface area contributed by atoms with Gasteiger partial charge in [-0.1, -0.05) is 19.1 Å². The molecular weight excluding hydrogens is 191 g/mol. The Morgan fingerprint density at radius 3 is 2.20 bits per heavy atom. The molecule has 0 fully saturated rings. The molecule has 5 heteroatoms. The molecule has 0 aliphatic rings. The van der Waals surface area contributed by atoms with E-state index in [9.17, 15) is 9.59 Å². The van der Waals surface area contributed by atoms with Gasteiger partial charge in [0, 0.05) is 0 Å². The van der Waals surface area contributed by atoms with Crippen molar-refractivity contribution in [2.24, 2.45) is 0 Å². The molecule has 1 aromatic rings. The van der Waals surface area contributed by atoms with Crippen LogP contribution in [0.3, 0.4) is 0 Å². The molecule has 15 heavy (non-hydrogen) atoms. The summed E-state index contributed by atoms with van der Waals surface area (Å²) in [5, 5.41) is 17.6. The van der Waals surface area contributed by atoms with Gasteiger partial charge in [-0.15, -0.1) is 0 Å². The van der Waals surface area contributed by atoms with Crippen LogP contribution in [0.4, 0.5) is 0 Å². The van der Waals surface area contributed by atoms with E-state index >= 15 is 0 Å². The standard InChI is InChI=1S/C10H10O4.Li.H/c1-2-6-4-3-5-7(9(11)12)8(6)10(13)14;;/h3-5H,2H2,1H3,(H,11,12)(H,13,14);;. The Morgan fingerprint density at radius 1 is 1.20 bits per heavy atom. The van der Waals surface area contributed by atoms with Crippen LogP contribution in [0, 0.1) is 0 Å². The topological polar surface area (TPSA) is 74.6 Å². The second-order valence-electron chi connectivity index (χ2n) is 2.80. The summed E-state index contributed by atoms with van der Waals surface area (Å²) in [5.41, 5.74) is 0.275.